The lowest BCUT2D eigenvalue weighted by atomic mass is 10.1. The maximum atomic E-state index is 6.07. The Morgan fingerprint density at radius 3 is 2.76 bits per heavy atom. The first kappa shape index (κ1) is 13.9. The molecule has 0 spiro atoms. The van der Waals surface area contributed by atoms with E-state index in [2.05, 4.69) is 44.6 Å². The summed E-state index contributed by atoms with van der Waals surface area (Å²) in [7, 11) is 4.09. The van der Waals surface area contributed by atoms with Gasteiger partial charge in [0.2, 0.25) is 0 Å². The molecule has 0 amide bonds. The number of aryl methyl sites for hydroxylation is 1. The van der Waals surface area contributed by atoms with Gasteiger partial charge in [-0.2, -0.15) is 0 Å². The van der Waals surface area contributed by atoms with Crippen LogP contribution in [-0.2, 0) is 5.88 Å². The molecule has 0 aliphatic heterocycles. The Kier molecular flexibility index (Phi) is 3.55. The number of nitrogens with zero attached hydrogens (tertiary/aromatic N) is 4. The van der Waals surface area contributed by atoms with E-state index in [4.69, 9.17) is 11.6 Å². The number of rotatable bonds is 3. The third kappa shape index (κ3) is 2.36. The van der Waals surface area contributed by atoms with Gasteiger partial charge in [-0.25, -0.2) is 4.98 Å². The molecule has 1 aromatic carbocycles. The minimum absolute atomic E-state index is 0.361. The molecule has 0 bridgehead atoms. The lowest BCUT2D eigenvalue weighted by Crippen LogP contribution is -2.11. The number of alkyl halides is 1. The maximum absolute atomic E-state index is 6.07. The van der Waals surface area contributed by atoms with Gasteiger partial charge in [0, 0.05) is 31.7 Å². The van der Waals surface area contributed by atoms with Crippen molar-refractivity contribution in [3.63, 3.8) is 0 Å². The highest BCUT2D eigenvalue weighted by atomic mass is 35.5. The van der Waals surface area contributed by atoms with Crippen LogP contribution in [0, 0.1) is 6.92 Å². The molecule has 3 aromatic rings. The molecule has 0 fully saturated rings. The van der Waals surface area contributed by atoms with Crippen LogP contribution in [0.5, 0.6) is 0 Å². The van der Waals surface area contributed by atoms with Gasteiger partial charge in [-0.3, -0.25) is 9.55 Å². The molecule has 21 heavy (non-hydrogen) atoms. The molecule has 0 atom stereocenters. The number of imidazole rings is 1. The van der Waals surface area contributed by atoms with Crippen LogP contribution in [0.1, 0.15) is 11.4 Å². The van der Waals surface area contributed by atoms with E-state index in [0.717, 1.165) is 22.5 Å². The minimum Gasteiger partial charge on any atom is -0.377 e. The Balaban J connectivity index is 2.27. The predicted octanol–water partition coefficient (Wildman–Crippen LogP) is 3.53. The quantitative estimate of drug-likeness (QED) is 0.694. The number of benzene rings is 1. The molecule has 0 aliphatic carbocycles. The van der Waals surface area contributed by atoms with Crippen LogP contribution in [-0.4, -0.2) is 28.6 Å². The SMILES string of the molecule is Cc1ccc(-n2c(CCl)nc3cnccc32)cc1N(C)C. The first-order valence-electron chi connectivity index (χ1n) is 6.77. The fraction of sp³-hybridized carbons (Fsp3) is 0.250. The molecular weight excluding hydrogens is 284 g/mol. The monoisotopic (exact) mass is 300 g/mol. The van der Waals surface area contributed by atoms with Gasteiger partial charge in [-0.05, 0) is 30.7 Å². The summed E-state index contributed by atoms with van der Waals surface area (Å²) in [6.45, 7) is 2.11. The van der Waals surface area contributed by atoms with Crippen LogP contribution in [0.4, 0.5) is 5.69 Å². The maximum Gasteiger partial charge on any atom is 0.129 e. The van der Waals surface area contributed by atoms with Gasteiger partial charge in [0.25, 0.3) is 0 Å². The molecule has 0 saturated carbocycles. The second-order valence-electron chi connectivity index (χ2n) is 5.23. The second-order valence-corrected chi connectivity index (χ2v) is 5.49. The van der Waals surface area contributed by atoms with Crippen LogP contribution in [0.3, 0.4) is 0 Å². The summed E-state index contributed by atoms with van der Waals surface area (Å²) in [5.41, 5.74) is 5.37. The Morgan fingerprint density at radius 2 is 2.05 bits per heavy atom. The standard InChI is InChI=1S/C16H17ClN4/c1-11-4-5-12(8-15(11)20(2)3)21-14-6-7-18-10-13(14)19-16(21)9-17/h4-8,10H,9H2,1-3H3. The van der Waals surface area contributed by atoms with Crippen LogP contribution in [0.15, 0.2) is 36.7 Å². The van der Waals surface area contributed by atoms with Gasteiger partial charge >= 0.3 is 0 Å². The molecule has 108 valence electrons. The molecule has 5 heteroatoms. The number of aromatic nitrogens is 3. The van der Waals surface area contributed by atoms with Crippen LogP contribution in [0.25, 0.3) is 16.7 Å². The van der Waals surface area contributed by atoms with Crippen LogP contribution in [0.2, 0.25) is 0 Å². The van der Waals surface area contributed by atoms with Crippen LogP contribution < -0.4 is 4.90 Å². The van der Waals surface area contributed by atoms with Gasteiger partial charge in [0.1, 0.15) is 11.3 Å². The summed E-state index contributed by atoms with van der Waals surface area (Å²) in [6, 6.07) is 8.34. The van der Waals surface area contributed by atoms with Crippen molar-refractivity contribution in [3.8, 4) is 5.69 Å². The number of anilines is 1. The van der Waals surface area contributed by atoms with E-state index in [-0.39, 0.29) is 0 Å². The fourth-order valence-corrected chi connectivity index (χ4v) is 2.76. The highest BCUT2D eigenvalue weighted by molar-refractivity contribution is 6.17. The normalized spacial score (nSPS) is 11.0. The van der Waals surface area contributed by atoms with Crippen molar-refractivity contribution < 1.29 is 0 Å². The van der Waals surface area contributed by atoms with Gasteiger partial charge in [0.15, 0.2) is 0 Å². The molecule has 0 N–H and O–H groups in total. The van der Waals surface area contributed by atoms with Crippen molar-refractivity contribution in [1.82, 2.24) is 14.5 Å². The third-order valence-electron chi connectivity index (χ3n) is 3.58. The Bertz CT molecular complexity index is 792. The zero-order chi connectivity index (χ0) is 15.0. The van der Waals surface area contributed by atoms with Crippen molar-refractivity contribution in [1.29, 1.82) is 0 Å². The summed E-state index contributed by atoms with van der Waals surface area (Å²) in [4.78, 5) is 10.8. The van der Waals surface area contributed by atoms with Gasteiger partial charge < -0.3 is 4.90 Å². The Labute approximate surface area is 129 Å². The van der Waals surface area contributed by atoms with E-state index >= 15 is 0 Å². The highest BCUT2D eigenvalue weighted by Crippen LogP contribution is 2.26. The first-order chi connectivity index (χ1) is 10.1. The molecule has 2 aromatic heterocycles. The number of halogens is 1. The highest BCUT2D eigenvalue weighted by Gasteiger charge is 2.13. The zero-order valence-electron chi connectivity index (χ0n) is 12.3. The van der Waals surface area contributed by atoms with E-state index in [1.54, 1.807) is 12.4 Å². The lowest BCUT2D eigenvalue weighted by molar-refractivity contribution is 0.977. The van der Waals surface area contributed by atoms with E-state index in [0.29, 0.717) is 5.88 Å². The zero-order valence-corrected chi connectivity index (χ0v) is 13.1. The van der Waals surface area contributed by atoms with E-state index in [1.807, 2.05) is 20.2 Å². The molecule has 0 aliphatic rings. The first-order valence-corrected chi connectivity index (χ1v) is 7.31. The third-order valence-corrected chi connectivity index (χ3v) is 3.82. The number of fused-ring (bicyclic) bond motifs is 1. The summed E-state index contributed by atoms with van der Waals surface area (Å²) in [6.07, 6.45) is 3.54. The van der Waals surface area contributed by atoms with Gasteiger partial charge in [0.05, 0.1) is 17.6 Å². The molecule has 2 heterocycles. The average molecular weight is 301 g/mol. The topological polar surface area (TPSA) is 34.0 Å². The smallest absolute Gasteiger partial charge is 0.129 e. The van der Waals surface area contributed by atoms with E-state index in [9.17, 15) is 0 Å². The largest absolute Gasteiger partial charge is 0.377 e. The van der Waals surface area contributed by atoms with Crippen LogP contribution >= 0.6 is 11.6 Å². The summed E-state index contributed by atoms with van der Waals surface area (Å²) >= 11 is 6.07. The van der Waals surface area contributed by atoms with Crippen molar-refractivity contribution in [2.24, 2.45) is 0 Å². The molecular formula is C16H17ClN4. The average Bonchev–Trinajstić information content (AvgIpc) is 2.86. The molecule has 0 unspecified atom stereocenters. The van der Waals surface area contributed by atoms with Crippen molar-refractivity contribution in [3.05, 3.63) is 48.0 Å². The van der Waals surface area contributed by atoms with Crippen molar-refractivity contribution in [2.75, 3.05) is 19.0 Å². The number of hydrogen-bond donors (Lipinski definition) is 0. The van der Waals surface area contributed by atoms with Gasteiger partial charge in [-0.15, -0.1) is 11.6 Å². The second kappa shape index (κ2) is 5.37. The fourth-order valence-electron chi connectivity index (χ4n) is 2.58. The number of hydrogen-bond acceptors (Lipinski definition) is 3. The predicted molar refractivity (Wildman–Crippen MR) is 87.5 cm³/mol. The minimum atomic E-state index is 0.361. The molecule has 0 radical (unpaired) electrons. The van der Waals surface area contributed by atoms with Gasteiger partial charge in [-0.1, -0.05) is 6.07 Å². The molecule has 3 rings (SSSR count). The summed E-state index contributed by atoms with van der Waals surface area (Å²) < 4.78 is 2.09. The van der Waals surface area contributed by atoms with Crippen molar-refractivity contribution in [2.45, 2.75) is 12.8 Å². The molecule has 0 saturated heterocycles. The summed E-state index contributed by atoms with van der Waals surface area (Å²) in [5, 5.41) is 0. The van der Waals surface area contributed by atoms with Crippen molar-refractivity contribution >= 4 is 28.3 Å². The Hall–Kier alpha value is -2.07. The lowest BCUT2D eigenvalue weighted by Gasteiger charge is -2.18. The number of pyridine rings is 1. The Morgan fingerprint density at radius 1 is 1.24 bits per heavy atom. The van der Waals surface area contributed by atoms with E-state index in [1.165, 1.54) is 11.3 Å². The summed E-state index contributed by atoms with van der Waals surface area (Å²) in [5.74, 6) is 1.19. The molecule has 4 nitrogen and oxygen atoms in total. The van der Waals surface area contributed by atoms with E-state index < -0.39 is 0 Å².